The van der Waals surface area contributed by atoms with Gasteiger partial charge in [-0.25, -0.2) is 0 Å². The average molecular weight is 309 g/mol. The predicted molar refractivity (Wildman–Crippen MR) is 104 cm³/mol. The minimum atomic E-state index is 0.520. The van der Waals surface area contributed by atoms with E-state index >= 15 is 0 Å². The van der Waals surface area contributed by atoms with Gasteiger partial charge in [-0.3, -0.25) is 0 Å². The lowest BCUT2D eigenvalue weighted by molar-refractivity contribution is 0.358. The van der Waals surface area contributed by atoms with Crippen molar-refractivity contribution in [2.24, 2.45) is 5.41 Å². The van der Waals surface area contributed by atoms with Gasteiger partial charge >= 0.3 is 0 Å². The fourth-order valence-corrected chi connectivity index (χ4v) is 2.90. The first-order chi connectivity index (χ1) is 10.6. The molecule has 0 rings (SSSR count). The third-order valence-corrected chi connectivity index (χ3v) is 4.44. The van der Waals surface area contributed by atoms with Crippen LogP contribution in [0.1, 0.15) is 124 Å². The van der Waals surface area contributed by atoms with E-state index in [4.69, 9.17) is 0 Å². The summed E-state index contributed by atoms with van der Waals surface area (Å²) >= 11 is 0. The van der Waals surface area contributed by atoms with E-state index in [0.717, 1.165) is 0 Å². The van der Waals surface area contributed by atoms with Crippen LogP contribution in [0.15, 0.2) is 12.2 Å². The van der Waals surface area contributed by atoms with Gasteiger partial charge in [0.05, 0.1) is 0 Å². The van der Waals surface area contributed by atoms with Crippen molar-refractivity contribution < 1.29 is 0 Å². The van der Waals surface area contributed by atoms with E-state index < -0.39 is 0 Å². The summed E-state index contributed by atoms with van der Waals surface area (Å²) in [5, 5.41) is 0. The van der Waals surface area contributed by atoms with E-state index in [-0.39, 0.29) is 0 Å². The lowest BCUT2D eigenvalue weighted by Gasteiger charge is -2.17. The molecule has 0 fully saturated rings. The van der Waals surface area contributed by atoms with Crippen molar-refractivity contribution in [3.8, 4) is 0 Å². The fraction of sp³-hybridized carbons (Fsp3) is 0.909. The summed E-state index contributed by atoms with van der Waals surface area (Å²) in [6.45, 7) is 9.33. The monoisotopic (exact) mass is 308 g/mol. The molecule has 0 unspecified atom stereocenters. The normalized spacial score (nSPS) is 12.4. The van der Waals surface area contributed by atoms with E-state index in [1.165, 1.54) is 96.3 Å². The van der Waals surface area contributed by atoms with Crippen LogP contribution in [0.5, 0.6) is 0 Å². The number of allylic oxidation sites excluding steroid dienone is 2. The Kier molecular flexibility index (Phi) is 15.4. The van der Waals surface area contributed by atoms with Crippen molar-refractivity contribution in [1.82, 2.24) is 0 Å². The van der Waals surface area contributed by atoms with E-state index in [2.05, 4.69) is 39.8 Å². The summed E-state index contributed by atoms with van der Waals surface area (Å²) < 4.78 is 0. The third-order valence-electron chi connectivity index (χ3n) is 4.44. The highest BCUT2D eigenvalue weighted by Crippen LogP contribution is 2.22. The van der Waals surface area contributed by atoms with Gasteiger partial charge in [-0.15, -0.1) is 0 Å². The summed E-state index contributed by atoms with van der Waals surface area (Å²) in [5.74, 6) is 0. The van der Waals surface area contributed by atoms with Crippen LogP contribution in [0.3, 0.4) is 0 Å². The lowest BCUT2D eigenvalue weighted by Crippen LogP contribution is -2.03. The molecule has 0 aliphatic heterocycles. The Labute approximate surface area is 142 Å². The molecule has 0 bridgehead atoms. The molecule has 0 aromatic heterocycles. The Morgan fingerprint density at radius 3 is 1.41 bits per heavy atom. The molecule has 0 heteroatoms. The van der Waals surface area contributed by atoms with Crippen molar-refractivity contribution >= 4 is 0 Å². The van der Waals surface area contributed by atoms with E-state index in [9.17, 15) is 0 Å². The molecule has 0 aromatic carbocycles. The molecule has 0 heterocycles. The van der Waals surface area contributed by atoms with Gasteiger partial charge in [-0.05, 0) is 37.5 Å². The Morgan fingerprint density at radius 2 is 0.955 bits per heavy atom. The van der Waals surface area contributed by atoms with Crippen LogP contribution >= 0.6 is 0 Å². The first-order valence-electron chi connectivity index (χ1n) is 10.2. The Hall–Kier alpha value is -0.260. The van der Waals surface area contributed by atoms with Crippen molar-refractivity contribution in [3.63, 3.8) is 0 Å². The smallest absolute Gasteiger partial charge is 0.0351 e. The molecule has 0 aromatic rings. The van der Waals surface area contributed by atoms with Crippen molar-refractivity contribution in [2.75, 3.05) is 0 Å². The van der Waals surface area contributed by atoms with Crippen molar-refractivity contribution in [2.45, 2.75) is 124 Å². The highest BCUT2D eigenvalue weighted by molar-refractivity contribution is 4.81. The second kappa shape index (κ2) is 15.6. The SMILES string of the molecule is CCCCCCCCCCC/C=C/CCCCCC(C)(C)C. The first-order valence-corrected chi connectivity index (χ1v) is 10.2. The van der Waals surface area contributed by atoms with Crippen LogP contribution in [0.2, 0.25) is 0 Å². The molecular formula is C22H44. The average Bonchev–Trinajstić information content (AvgIpc) is 2.45. The Balaban J connectivity index is 3.12. The molecule has 0 aliphatic rings. The topological polar surface area (TPSA) is 0 Å². The first kappa shape index (κ1) is 21.7. The van der Waals surface area contributed by atoms with Gasteiger partial charge < -0.3 is 0 Å². The zero-order valence-electron chi connectivity index (χ0n) is 16.3. The molecule has 0 saturated carbocycles. The minimum Gasteiger partial charge on any atom is -0.0885 e. The van der Waals surface area contributed by atoms with Gasteiger partial charge in [0.15, 0.2) is 0 Å². The largest absolute Gasteiger partial charge is 0.0885 e. The molecule has 0 amide bonds. The van der Waals surface area contributed by atoms with Gasteiger partial charge in [0, 0.05) is 0 Å². The van der Waals surface area contributed by atoms with Crippen LogP contribution in [0.4, 0.5) is 0 Å². The molecule has 0 radical (unpaired) electrons. The number of unbranched alkanes of at least 4 members (excludes halogenated alkanes) is 12. The van der Waals surface area contributed by atoms with Gasteiger partial charge in [0.25, 0.3) is 0 Å². The summed E-state index contributed by atoms with van der Waals surface area (Å²) in [5.41, 5.74) is 0.520. The number of hydrogen-bond donors (Lipinski definition) is 0. The maximum Gasteiger partial charge on any atom is -0.0351 e. The molecule has 0 atom stereocenters. The number of rotatable bonds is 15. The van der Waals surface area contributed by atoms with Crippen molar-refractivity contribution in [1.29, 1.82) is 0 Å². The van der Waals surface area contributed by atoms with Crippen LogP contribution < -0.4 is 0 Å². The van der Waals surface area contributed by atoms with Gasteiger partial charge in [0.1, 0.15) is 0 Å². The summed E-state index contributed by atoms with van der Waals surface area (Å²) in [7, 11) is 0. The highest BCUT2D eigenvalue weighted by Gasteiger charge is 2.08. The second-order valence-electron chi connectivity index (χ2n) is 8.25. The van der Waals surface area contributed by atoms with Gasteiger partial charge in [-0.2, -0.15) is 0 Å². The zero-order valence-corrected chi connectivity index (χ0v) is 16.3. The summed E-state index contributed by atoms with van der Waals surface area (Å²) in [6.07, 6.45) is 25.9. The molecule has 0 nitrogen and oxygen atoms in total. The zero-order chi connectivity index (χ0) is 16.5. The standard InChI is InChI=1S/C22H44/c1-5-6-7-8-9-10-11-12-13-14-15-16-17-18-19-20-21-22(2,3)4/h15-16H,5-14,17-21H2,1-4H3/b16-15+. The van der Waals surface area contributed by atoms with Crippen LogP contribution in [-0.4, -0.2) is 0 Å². The maximum atomic E-state index is 2.42. The number of hydrogen-bond acceptors (Lipinski definition) is 0. The third kappa shape index (κ3) is 19.7. The van der Waals surface area contributed by atoms with Gasteiger partial charge in [0.2, 0.25) is 0 Å². The highest BCUT2D eigenvalue weighted by atomic mass is 14.1. The molecule has 22 heavy (non-hydrogen) atoms. The summed E-state index contributed by atoms with van der Waals surface area (Å²) in [6, 6.07) is 0. The molecule has 0 spiro atoms. The molecule has 0 aliphatic carbocycles. The molecule has 132 valence electrons. The Bertz CT molecular complexity index is 231. The van der Waals surface area contributed by atoms with Crippen LogP contribution in [0, 0.1) is 5.41 Å². The predicted octanol–water partition coefficient (Wildman–Crippen LogP) is 8.46. The van der Waals surface area contributed by atoms with E-state index in [1.54, 1.807) is 0 Å². The molecule has 0 saturated heterocycles. The minimum absolute atomic E-state index is 0.520. The fourth-order valence-electron chi connectivity index (χ4n) is 2.90. The molecule has 0 N–H and O–H groups in total. The van der Waals surface area contributed by atoms with E-state index in [0.29, 0.717) is 5.41 Å². The molecular weight excluding hydrogens is 264 g/mol. The lowest BCUT2D eigenvalue weighted by atomic mass is 9.89. The van der Waals surface area contributed by atoms with E-state index in [1.807, 2.05) is 0 Å². The maximum absolute atomic E-state index is 2.42. The Morgan fingerprint density at radius 1 is 0.545 bits per heavy atom. The van der Waals surface area contributed by atoms with Crippen LogP contribution in [-0.2, 0) is 0 Å². The van der Waals surface area contributed by atoms with Gasteiger partial charge in [-0.1, -0.05) is 104 Å². The van der Waals surface area contributed by atoms with Crippen molar-refractivity contribution in [3.05, 3.63) is 12.2 Å². The second-order valence-corrected chi connectivity index (χ2v) is 8.25. The summed E-state index contributed by atoms with van der Waals surface area (Å²) in [4.78, 5) is 0. The van der Waals surface area contributed by atoms with Crippen LogP contribution in [0.25, 0.3) is 0 Å². The quantitative estimate of drug-likeness (QED) is 0.210.